The molecule has 2 aromatic rings. The maximum absolute atomic E-state index is 14.9. The van der Waals surface area contributed by atoms with Gasteiger partial charge >= 0.3 is 202 Å². The number of nitrogens with one attached hydrogen (secondary N) is 24. The molecule has 2 aromatic carbocycles. The number of nitrogens with two attached hydrogens (primary N) is 9. The van der Waals surface area contributed by atoms with Gasteiger partial charge in [0.2, 0.25) is 35.4 Å². The molecule has 8 atom stereocenters. The van der Waals surface area contributed by atoms with E-state index in [9.17, 15) is 69.5 Å². The first-order chi connectivity index (χ1) is 53.1. The van der Waals surface area contributed by atoms with E-state index >= 15 is 0 Å². The summed E-state index contributed by atoms with van der Waals surface area (Å²) >= 11 is -0.971. The molecule has 0 unspecified atom stereocenters. The van der Waals surface area contributed by atoms with Crippen LogP contribution in [0.4, 0.5) is 26.3 Å². The molecule has 630 valence electrons. The van der Waals surface area contributed by atoms with Gasteiger partial charge in [-0.1, -0.05) is 0 Å². The monoisotopic (exact) mass is 1680 g/mol. The van der Waals surface area contributed by atoms with E-state index in [0.717, 1.165) is 0 Å². The summed E-state index contributed by atoms with van der Waals surface area (Å²) in [6, 6.07) is -5.67. The average molecular weight is 1680 g/mol. The number of hydrogen-bond donors (Lipinski definition) is 33. The van der Waals surface area contributed by atoms with Crippen LogP contribution in [0.1, 0.15) is 130 Å². The number of imide groups is 1. The van der Waals surface area contributed by atoms with E-state index in [4.69, 9.17) is 94.9 Å². The van der Waals surface area contributed by atoms with E-state index in [0.29, 0.717) is 17.7 Å². The molecule has 0 fully saturated rings. The Morgan fingerprint density at radius 3 is 0.779 bits per heavy atom. The van der Waals surface area contributed by atoms with Crippen molar-refractivity contribution < 1.29 is 69.5 Å². The zero-order valence-corrected chi connectivity index (χ0v) is 63.6. The van der Waals surface area contributed by atoms with Gasteiger partial charge in [-0.25, -0.2) is 0 Å². The molecule has 0 heterocycles. The van der Waals surface area contributed by atoms with Crippen LogP contribution in [0.25, 0.3) is 0 Å². The Morgan fingerprint density at radius 1 is 0.327 bits per heavy atom. The Balaban J connectivity index is 2.68. The average Bonchev–Trinajstić information content (AvgIpc) is 0.805. The molecule has 0 aliphatic rings. The molecule has 42 N–H and O–H groups in total. The van der Waals surface area contributed by atoms with E-state index in [1.165, 1.54) is 24.3 Å². The van der Waals surface area contributed by atoms with Crippen LogP contribution in [0.2, 0.25) is 0 Å². The van der Waals surface area contributed by atoms with Crippen molar-refractivity contribution in [2.45, 2.75) is 169 Å². The van der Waals surface area contributed by atoms with Crippen LogP contribution in [-0.4, -0.2) is 216 Å². The van der Waals surface area contributed by atoms with Gasteiger partial charge < -0.3 is 126 Å². The zero-order chi connectivity index (χ0) is 85.0. The Bertz CT molecular complexity index is 3550. The van der Waals surface area contributed by atoms with Gasteiger partial charge in [-0.2, -0.15) is 0 Å². The minimum atomic E-state index is -5.07. The fourth-order valence-electron chi connectivity index (χ4n) is 10.4. The van der Waals surface area contributed by atoms with Crippen molar-refractivity contribution in [3.05, 3.63) is 64.7 Å². The molecular formula is C64H107F6N33O9Se. The van der Waals surface area contributed by atoms with Crippen molar-refractivity contribution in [1.82, 2.24) is 85.1 Å². The van der Waals surface area contributed by atoms with Crippen LogP contribution < -0.4 is 141 Å². The molecule has 0 aliphatic carbocycles. The SMILES string of the molecule is N=C(N)NCCC[C@H](NC(=O)[C@H](CCCNC(=N)N)NC(=O)[C@H](CCCNC(=N)N)NC(=O)[C@H](CCCNC(=N)N)NC(=O)[C@H](CCCNC(=N)N)NC(=O)[C@H](CCCNC(=N)N)NC(=O)[C@H](CCCNC(=N)N)NC(=O)[C@@H](N)CCCNC(=N)N)C(=O)NC(=O)c1ccc(C[Se]c2cc(C(F)(F)F)cc(C(F)(F)F)c2)cc1. The molecule has 0 radical (unpaired) electrons. The Morgan fingerprint density at radius 2 is 0.549 bits per heavy atom. The Kier molecular flexibility index (Phi) is 43.7. The molecule has 9 amide bonds. The summed E-state index contributed by atoms with van der Waals surface area (Å²) in [5, 5.41) is 102. The second kappa shape index (κ2) is 50.8. The first kappa shape index (κ1) is 97.2. The topological polar surface area (TPSA) is 771 Å². The van der Waals surface area contributed by atoms with Gasteiger partial charge in [0.15, 0.2) is 47.7 Å². The second-order valence-corrected chi connectivity index (χ2v) is 27.6. The number of hydrogen-bond acceptors (Lipinski definition) is 18. The van der Waals surface area contributed by atoms with Crippen molar-refractivity contribution >= 4 is 120 Å². The first-order valence-corrected chi connectivity index (χ1v) is 37.5. The number of halogens is 6. The van der Waals surface area contributed by atoms with Crippen molar-refractivity contribution in [2.24, 2.45) is 51.6 Å². The molecule has 0 bridgehead atoms. The van der Waals surface area contributed by atoms with Crippen LogP contribution in [0, 0.1) is 43.3 Å². The number of benzene rings is 2. The third kappa shape index (κ3) is 42.2. The molecular weight excluding hydrogens is 1570 g/mol. The fourth-order valence-corrected chi connectivity index (χ4v) is 12.4. The zero-order valence-electron chi connectivity index (χ0n) is 61.9. The molecule has 0 aliphatic heterocycles. The van der Waals surface area contributed by atoms with Crippen LogP contribution in [0.5, 0.6) is 0 Å². The molecule has 0 saturated heterocycles. The first-order valence-electron chi connectivity index (χ1n) is 35.4. The molecule has 0 spiro atoms. The van der Waals surface area contributed by atoms with Crippen LogP contribution >= 0.6 is 0 Å². The number of guanidine groups is 8. The standard InChI is InChI=1S/C64H107F6N33O9Se/c65-63(66,67)35-29-36(64(68,69)70)31-37(30-35)113-32-33-17-19-34(20-18-33)46(104)103-54(112)45(16-8-28-95-62(86)87)102-53(111)44(15-7-27-94-61(84)85)101-52(110)43(14-6-26-93-60(82)83)100-51(109)42(13-5-25-92-59(80)81)99-50(108)41(12-4-24-91-58(78)79)98-49(107)40(11-3-23-90-57(76)77)97-48(106)39(10-2-22-89-56(74)75)96-47(105)38(71)9-1-21-88-55(72)73/h17-20,29-31,38-45H,1-16,21-28,32,71H2,(H,96,105)(H,97,106)(H,98,107)(H,99,108)(H,100,109)(H,101,110)(H,102,111)(H4,72,73,88)(H4,74,75,89)(H4,76,77,90)(H4,78,79,91)(H4,80,81,92)(H4,82,83,93)(H4,84,85,94)(H4,86,87,95)(H,103,104,112)/t38-,39-,40-,41-,42-,43-,44-,45-/m0/s1. The van der Waals surface area contributed by atoms with Gasteiger partial charge in [-0.3, -0.25) is 72.0 Å². The quantitative estimate of drug-likeness (QED) is 0.00962. The summed E-state index contributed by atoms with van der Waals surface area (Å²) in [5.41, 5.74) is 47.4. The maximum atomic E-state index is 14.9. The van der Waals surface area contributed by atoms with E-state index in [1.54, 1.807) is 0 Å². The van der Waals surface area contributed by atoms with Crippen molar-refractivity contribution in [3.8, 4) is 0 Å². The molecule has 49 heteroatoms. The van der Waals surface area contributed by atoms with Crippen molar-refractivity contribution in [3.63, 3.8) is 0 Å². The Labute approximate surface area is 653 Å². The van der Waals surface area contributed by atoms with Gasteiger partial charge in [0.25, 0.3) is 0 Å². The third-order valence-corrected chi connectivity index (χ3v) is 18.3. The summed E-state index contributed by atoms with van der Waals surface area (Å²) in [6.07, 6.45) is -11.3. The van der Waals surface area contributed by atoms with E-state index in [1.807, 2.05) is 0 Å². The number of rotatable bonds is 51. The van der Waals surface area contributed by atoms with Crippen molar-refractivity contribution in [1.29, 1.82) is 43.3 Å². The summed E-state index contributed by atoms with van der Waals surface area (Å²) in [4.78, 5) is 129. The predicted molar refractivity (Wildman–Crippen MR) is 409 cm³/mol. The van der Waals surface area contributed by atoms with Gasteiger partial charge in [0.1, 0.15) is 30.2 Å². The fraction of sp³-hybridized carbons (Fsp3) is 0.547. The van der Waals surface area contributed by atoms with E-state index < -0.39 is 176 Å². The summed E-state index contributed by atoms with van der Waals surface area (Å²) in [7, 11) is 0. The van der Waals surface area contributed by atoms with Crippen LogP contribution in [0.3, 0.4) is 0 Å². The summed E-state index contributed by atoms with van der Waals surface area (Å²) in [6.45, 7) is -0.00273. The van der Waals surface area contributed by atoms with Gasteiger partial charge in [-0.15, -0.1) is 0 Å². The number of carbonyl (C=O) groups excluding carboxylic acids is 9. The summed E-state index contributed by atoms with van der Waals surface area (Å²) in [5.74, 6) is -12.4. The molecule has 42 nitrogen and oxygen atoms in total. The normalized spacial score (nSPS) is 13.2. The minimum absolute atomic E-state index is 0.00106. The molecule has 0 aromatic heterocycles. The summed E-state index contributed by atoms with van der Waals surface area (Å²) < 4.78 is 81.3. The Hall–Kier alpha value is -11.9. The number of carbonyl (C=O) groups is 9. The molecule has 0 saturated carbocycles. The van der Waals surface area contributed by atoms with Crippen LogP contribution in [0.15, 0.2) is 42.5 Å². The molecule has 113 heavy (non-hydrogen) atoms. The van der Waals surface area contributed by atoms with Gasteiger partial charge in [-0.05, 0) is 89.9 Å². The van der Waals surface area contributed by atoms with Crippen LogP contribution in [-0.2, 0) is 56.0 Å². The van der Waals surface area contributed by atoms with E-state index in [2.05, 4.69) is 85.1 Å². The van der Waals surface area contributed by atoms with Gasteiger partial charge in [0.05, 0.1) is 6.04 Å². The number of alkyl halides is 6. The number of amides is 9. The molecule has 2 rings (SSSR count). The van der Waals surface area contributed by atoms with E-state index in [-0.39, 0.29) is 188 Å². The third-order valence-electron chi connectivity index (χ3n) is 16.1. The van der Waals surface area contributed by atoms with Gasteiger partial charge in [0, 0.05) is 45.8 Å². The van der Waals surface area contributed by atoms with Crippen molar-refractivity contribution in [2.75, 3.05) is 52.4 Å². The second-order valence-electron chi connectivity index (χ2n) is 25.4. The predicted octanol–water partition coefficient (Wildman–Crippen LogP) is -6.66.